The van der Waals surface area contributed by atoms with E-state index in [0.29, 0.717) is 0 Å². The number of hydrogen-bond donors (Lipinski definition) is 1. The third kappa shape index (κ3) is 2.82. The number of ether oxygens (including phenoxy) is 1. The van der Waals surface area contributed by atoms with Gasteiger partial charge in [-0.3, -0.25) is 0 Å². The molecule has 0 aromatic carbocycles. The van der Waals surface area contributed by atoms with Crippen LogP contribution in [0, 0.1) is 0 Å². The lowest BCUT2D eigenvalue weighted by molar-refractivity contribution is 0.0983. The van der Waals surface area contributed by atoms with Crippen molar-refractivity contribution in [2.24, 2.45) is 0 Å². The Hall–Kier alpha value is -0.870. The second-order valence-electron chi connectivity index (χ2n) is 2.89. The van der Waals surface area contributed by atoms with Crippen LogP contribution in [0.3, 0.4) is 0 Å². The molecule has 4 heteroatoms. The van der Waals surface area contributed by atoms with Crippen molar-refractivity contribution >= 4 is 0 Å². The molecule has 0 fully saturated rings. The first-order valence-electron chi connectivity index (χ1n) is 4.40. The lowest BCUT2D eigenvalue weighted by Gasteiger charge is -2.03. The van der Waals surface area contributed by atoms with Gasteiger partial charge in [-0.05, 0) is 14.0 Å². The van der Waals surface area contributed by atoms with Crippen molar-refractivity contribution in [3.05, 3.63) is 17.8 Å². The first-order valence-corrected chi connectivity index (χ1v) is 4.40. The van der Waals surface area contributed by atoms with Gasteiger partial charge in [-0.1, -0.05) is 0 Å². The van der Waals surface area contributed by atoms with Crippen molar-refractivity contribution in [2.45, 2.75) is 19.4 Å². The van der Waals surface area contributed by atoms with E-state index in [2.05, 4.69) is 10.3 Å². The molecule has 0 spiro atoms. The van der Waals surface area contributed by atoms with Gasteiger partial charge in [-0.2, -0.15) is 0 Å². The first-order chi connectivity index (χ1) is 6.27. The van der Waals surface area contributed by atoms with E-state index >= 15 is 0 Å². The van der Waals surface area contributed by atoms with Gasteiger partial charge in [0.15, 0.2) is 11.7 Å². The number of oxazole rings is 1. The van der Waals surface area contributed by atoms with Crippen LogP contribution in [-0.4, -0.2) is 25.7 Å². The Balaban J connectivity index is 2.53. The van der Waals surface area contributed by atoms with Crippen LogP contribution in [0.25, 0.3) is 0 Å². The number of likely N-dealkylation sites (N-methyl/N-ethyl adjacent to an activating group) is 1. The van der Waals surface area contributed by atoms with Crippen LogP contribution < -0.4 is 5.32 Å². The number of nitrogens with zero attached hydrogens (tertiary/aromatic N) is 1. The van der Waals surface area contributed by atoms with E-state index in [1.807, 2.05) is 14.0 Å². The molecule has 0 aliphatic heterocycles. The highest BCUT2D eigenvalue weighted by molar-refractivity contribution is 4.97. The molecule has 0 bridgehead atoms. The average Bonchev–Trinajstić information content (AvgIpc) is 2.62. The number of aromatic nitrogens is 1. The summed E-state index contributed by atoms with van der Waals surface area (Å²) in [6.07, 6.45) is 2.52. The molecule has 0 radical (unpaired) electrons. The van der Waals surface area contributed by atoms with Crippen molar-refractivity contribution < 1.29 is 9.15 Å². The van der Waals surface area contributed by atoms with Crippen molar-refractivity contribution in [1.82, 2.24) is 10.3 Å². The summed E-state index contributed by atoms with van der Waals surface area (Å²) < 4.78 is 10.6. The zero-order valence-electron chi connectivity index (χ0n) is 8.33. The van der Waals surface area contributed by atoms with Crippen LogP contribution in [0.15, 0.2) is 10.6 Å². The Labute approximate surface area is 78.3 Å². The van der Waals surface area contributed by atoms with E-state index in [4.69, 9.17) is 9.15 Å². The van der Waals surface area contributed by atoms with E-state index in [-0.39, 0.29) is 6.10 Å². The van der Waals surface area contributed by atoms with Crippen LogP contribution in [0.5, 0.6) is 0 Å². The number of nitrogens with one attached hydrogen (secondary N) is 1. The summed E-state index contributed by atoms with van der Waals surface area (Å²) in [5.41, 5.74) is 0. The normalized spacial score (nSPS) is 13.2. The van der Waals surface area contributed by atoms with Crippen LogP contribution in [0.2, 0.25) is 0 Å². The van der Waals surface area contributed by atoms with Gasteiger partial charge in [0.25, 0.3) is 0 Å². The largest absolute Gasteiger partial charge is 0.443 e. The summed E-state index contributed by atoms with van der Waals surface area (Å²) in [5.74, 6) is 1.54. The minimum Gasteiger partial charge on any atom is -0.443 e. The van der Waals surface area contributed by atoms with Gasteiger partial charge >= 0.3 is 0 Å². The Morgan fingerprint density at radius 2 is 2.46 bits per heavy atom. The number of hydrogen-bond acceptors (Lipinski definition) is 4. The minimum atomic E-state index is -0.0177. The molecule has 0 aliphatic rings. The van der Waals surface area contributed by atoms with Crippen molar-refractivity contribution in [1.29, 1.82) is 0 Å². The van der Waals surface area contributed by atoms with Crippen molar-refractivity contribution in [2.75, 3.05) is 20.7 Å². The summed E-state index contributed by atoms with van der Waals surface area (Å²) in [7, 11) is 3.56. The molecule has 1 aromatic heterocycles. The highest BCUT2D eigenvalue weighted by Crippen LogP contribution is 2.16. The number of rotatable bonds is 5. The van der Waals surface area contributed by atoms with Gasteiger partial charge in [-0.15, -0.1) is 0 Å². The third-order valence-corrected chi connectivity index (χ3v) is 1.91. The van der Waals surface area contributed by atoms with Gasteiger partial charge in [0.1, 0.15) is 6.10 Å². The molecular formula is C9H16N2O2. The summed E-state index contributed by atoms with van der Waals surface area (Å²) in [6.45, 7) is 2.81. The molecule has 0 amide bonds. The van der Waals surface area contributed by atoms with Crippen molar-refractivity contribution in [3.63, 3.8) is 0 Å². The summed E-state index contributed by atoms with van der Waals surface area (Å²) >= 11 is 0. The lowest BCUT2D eigenvalue weighted by Crippen LogP contribution is -2.10. The molecule has 1 rings (SSSR count). The second-order valence-corrected chi connectivity index (χ2v) is 2.89. The van der Waals surface area contributed by atoms with Gasteiger partial charge < -0.3 is 14.5 Å². The Morgan fingerprint density at radius 3 is 3.08 bits per heavy atom. The maximum atomic E-state index is 5.46. The molecule has 1 N–H and O–H groups in total. The predicted octanol–water partition coefficient (Wildman–Crippen LogP) is 1.14. The Morgan fingerprint density at radius 1 is 1.69 bits per heavy atom. The molecule has 0 aliphatic carbocycles. The minimum absolute atomic E-state index is 0.0177. The Bertz CT molecular complexity index is 248. The van der Waals surface area contributed by atoms with Gasteiger partial charge in [0.2, 0.25) is 0 Å². The zero-order chi connectivity index (χ0) is 9.68. The molecule has 13 heavy (non-hydrogen) atoms. The molecule has 4 nitrogen and oxygen atoms in total. The first kappa shape index (κ1) is 10.2. The van der Waals surface area contributed by atoms with Crippen LogP contribution >= 0.6 is 0 Å². The van der Waals surface area contributed by atoms with Crippen LogP contribution in [0.4, 0.5) is 0 Å². The Kier molecular flexibility index (Phi) is 3.92. The monoisotopic (exact) mass is 184 g/mol. The fourth-order valence-corrected chi connectivity index (χ4v) is 0.976. The molecule has 0 saturated carbocycles. The summed E-state index contributed by atoms with van der Waals surface area (Å²) in [6, 6.07) is 0. The molecule has 1 heterocycles. The second kappa shape index (κ2) is 4.99. The molecule has 74 valence electrons. The number of methoxy groups -OCH3 is 1. The fourth-order valence-electron chi connectivity index (χ4n) is 0.976. The van der Waals surface area contributed by atoms with Crippen molar-refractivity contribution in [3.8, 4) is 0 Å². The maximum Gasteiger partial charge on any atom is 0.195 e. The zero-order valence-corrected chi connectivity index (χ0v) is 8.33. The third-order valence-electron chi connectivity index (χ3n) is 1.91. The topological polar surface area (TPSA) is 47.3 Å². The van der Waals surface area contributed by atoms with Gasteiger partial charge in [-0.25, -0.2) is 4.98 Å². The van der Waals surface area contributed by atoms with Crippen LogP contribution in [0.1, 0.15) is 24.7 Å². The molecular weight excluding hydrogens is 168 g/mol. The molecule has 0 saturated heterocycles. The van der Waals surface area contributed by atoms with Gasteiger partial charge in [0, 0.05) is 20.1 Å². The fraction of sp³-hybridized carbons (Fsp3) is 0.667. The van der Waals surface area contributed by atoms with E-state index in [9.17, 15) is 0 Å². The highest BCUT2D eigenvalue weighted by Gasteiger charge is 2.09. The molecule has 1 aromatic rings. The quantitative estimate of drug-likeness (QED) is 0.745. The SMILES string of the molecule is CNCCc1ncc(C(C)OC)o1. The van der Waals surface area contributed by atoms with E-state index in [1.54, 1.807) is 13.3 Å². The smallest absolute Gasteiger partial charge is 0.195 e. The van der Waals surface area contributed by atoms with Crippen LogP contribution in [-0.2, 0) is 11.2 Å². The average molecular weight is 184 g/mol. The lowest BCUT2D eigenvalue weighted by atomic mass is 10.3. The van der Waals surface area contributed by atoms with E-state index in [0.717, 1.165) is 24.6 Å². The van der Waals surface area contributed by atoms with E-state index < -0.39 is 0 Å². The maximum absolute atomic E-state index is 5.46. The molecule has 1 unspecified atom stereocenters. The summed E-state index contributed by atoms with van der Waals surface area (Å²) in [5, 5.41) is 3.04. The van der Waals surface area contributed by atoms with Gasteiger partial charge in [0.05, 0.1) is 6.20 Å². The van der Waals surface area contributed by atoms with E-state index in [1.165, 1.54) is 0 Å². The predicted molar refractivity (Wildman–Crippen MR) is 49.6 cm³/mol. The molecule has 1 atom stereocenters. The summed E-state index contributed by atoms with van der Waals surface area (Å²) in [4.78, 5) is 4.14. The standard InChI is InChI=1S/C9H16N2O2/c1-7(12-3)8-6-11-9(13-8)4-5-10-2/h6-7,10H,4-5H2,1-3H3. The highest BCUT2D eigenvalue weighted by atomic mass is 16.5.